The Kier molecular flexibility index (Phi) is 5.36. The van der Waals surface area contributed by atoms with Crippen LogP contribution in [0.25, 0.3) is 0 Å². The maximum atomic E-state index is 12.1. The highest BCUT2D eigenvalue weighted by Crippen LogP contribution is 2.23. The van der Waals surface area contributed by atoms with E-state index in [4.69, 9.17) is 4.42 Å². The average molecular weight is 372 g/mol. The quantitative estimate of drug-likeness (QED) is 0.664. The van der Waals surface area contributed by atoms with Crippen molar-refractivity contribution in [1.82, 2.24) is 25.0 Å². The number of benzene rings is 1. The molecule has 9 heteroatoms. The molecule has 2 aromatic heterocycles. The fourth-order valence-corrected chi connectivity index (χ4v) is 2.77. The van der Waals surface area contributed by atoms with E-state index in [1.807, 2.05) is 24.3 Å². The zero-order valence-electron chi connectivity index (χ0n) is 14.8. The summed E-state index contributed by atoms with van der Waals surface area (Å²) in [6, 6.07) is 7.87. The van der Waals surface area contributed by atoms with Crippen LogP contribution in [0.15, 0.2) is 46.6 Å². The van der Waals surface area contributed by atoms with Gasteiger partial charge in [-0.1, -0.05) is 44.7 Å². The lowest BCUT2D eigenvalue weighted by molar-refractivity contribution is -0.113. The molecule has 0 radical (unpaired) electrons. The Morgan fingerprint density at radius 1 is 1.23 bits per heavy atom. The van der Waals surface area contributed by atoms with Crippen molar-refractivity contribution < 1.29 is 9.21 Å². The standard InChI is InChI=1S/C17H20N6O2S/c1-17(2,3)12-4-6-13(7-5-12)20-14(24)9-26-16-22-21-15(25-16)8-23-11-18-10-19-23/h4-7,10-11H,8-9H2,1-3H3,(H,20,24). The molecular formula is C17H20N6O2S. The van der Waals surface area contributed by atoms with E-state index in [0.717, 1.165) is 5.69 Å². The van der Waals surface area contributed by atoms with Crippen LogP contribution in [0.1, 0.15) is 32.2 Å². The second-order valence-corrected chi connectivity index (χ2v) is 7.65. The summed E-state index contributed by atoms with van der Waals surface area (Å²) in [5, 5.41) is 15.0. The van der Waals surface area contributed by atoms with Gasteiger partial charge in [0, 0.05) is 5.69 Å². The first-order chi connectivity index (χ1) is 12.4. The van der Waals surface area contributed by atoms with Crippen LogP contribution in [0.5, 0.6) is 0 Å². The van der Waals surface area contributed by atoms with E-state index >= 15 is 0 Å². The third-order valence-electron chi connectivity index (χ3n) is 3.57. The Labute approximate surface area is 155 Å². The van der Waals surface area contributed by atoms with E-state index in [1.165, 1.54) is 23.7 Å². The summed E-state index contributed by atoms with van der Waals surface area (Å²) in [5.74, 6) is 0.470. The number of anilines is 1. The van der Waals surface area contributed by atoms with E-state index in [0.29, 0.717) is 17.7 Å². The summed E-state index contributed by atoms with van der Waals surface area (Å²) < 4.78 is 7.06. The molecule has 0 aliphatic rings. The fraction of sp³-hybridized carbons (Fsp3) is 0.353. The molecule has 8 nitrogen and oxygen atoms in total. The van der Waals surface area contributed by atoms with Crippen LogP contribution in [-0.2, 0) is 16.8 Å². The molecule has 0 saturated carbocycles. The highest BCUT2D eigenvalue weighted by Gasteiger charge is 2.14. The predicted octanol–water partition coefficient (Wildman–Crippen LogP) is 2.74. The molecule has 0 fully saturated rings. The molecule has 0 aliphatic heterocycles. The second-order valence-electron chi connectivity index (χ2n) is 6.72. The largest absolute Gasteiger partial charge is 0.414 e. The lowest BCUT2D eigenvalue weighted by atomic mass is 9.87. The van der Waals surface area contributed by atoms with E-state index < -0.39 is 0 Å². The van der Waals surface area contributed by atoms with Crippen LogP contribution < -0.4 is 5.32 Å². The normalized spacial score (nSPS) is 11.5. The highest BCUT2D eigenvalue weighted by molar-refractivity contribution is 7.99. The molecule has 3 aromatic rings. The number of nitrogens with one attached hydrogen (secondary N) is 1. The predicted molar refractivity (Wildman–Crippen MR) is 97.9 cm³/mol. The monoisotopic (exact) mass is 372 g/mol. The topological polar surface area (TPSA) is 98.7 Å². The van der Waals surface area contributed by atoms with Gasteiger partial charge in [0.2, 0.25) is 11.8 Å². The van der Waals surface area contributed by atoms with Crippen molar-refractivity contribution in [2.75, 3.05) is 11.1 Å². The summed E-state index contributed by atoms with van der Waals surface area (Å²) in [6.45, 7) is 6.80. The first kappa shape index (κ1) is 18.1. The Morgan fingerprint density at radius 2 is 2.00 bits per heavy atom. The molecular weight excluding hydrogens is 352 g/mol. The lowest BCUT2D eigenvalue weighted by Crippen LogP contribution is -2.15. The molecule has 1 N–H and O–H groups in total. The van der Waals surface area contributed by atoms with Gasteiger partial charge in [0.05, 0.1) is 5.75 Å². The molecule has 1 amide bonds. The number of thioether (sulfide) groups is 1. The molecule has 26 heavy (non-hydrogen) atoms. The Balaban J connectivity index is 1.49. The van der Waals surface area contributed by atoms with E-state index in [2.05, 4.69) is 46.4 Å². The third kappa shape index (κ3) is 4.92. The van der Waals surface area contributed by atoms with Gasteiger partial charge in [0.15, 0.2) is 0 Å². The summed E-state index contributed by atoms with van der Waals surface area (Å²) in [5.41, 5.74) is 2.07. The van der Waals surface area contributed by atoms with Crippen LogP contribution in [-0.4, -0.2) is 36.6 Å². The van der Waals surface area contributed by atoms with E-state index in [-0.39, 0.29) is 17.1 Å². The minimum atomic E-state index is -0.130. The Hall–Kier alpha value is -2.68. The molecule has 0 bridgehead atoms. The Morgan fingerprint density at radius 3 is 2.65 bits per heavy atom. The van der Waals surface area contributed by atoms with Crippen LogP contribution in [0.3, 0.4) is 0 Å². The van der Waals surface area contributed by atoms with Crippen molar-refractivity contribution in [1.29, 1.82) is 0 Å². The van der Waals surface area contributed by atoms with Crippen LogP contribution in [0, 0.1) is 0 Å². The van der Waals surface area contributed by atoms with Gasteiger partial charge in [-0.25, -0.2) is 9.67 Å². The number of nitrogens with zero attached hydrogens (tertiary/aromatic N) is 5. The molecule has 0 saturated heterocycles. The van der Waals surface area contributed by atoms with E-state index in [1.54, 1.807) is 11.0 Å². The number of hydrogen-bond acceptors (Lipinski definition) is 7. The van der Waals surface area contributed by atoms with Crippen LogP contribution in [0.2, 0.25) is 0 Å². The van der Waals surface area contributed by atoms with Crippen molar-refractivity contribution in [2.45, 2.75) is 38.0 Å². The van der Waals surface area contributed by atoms with Gasteiger partial charge in [0.1, 0.15) is 19.2 Å². The third-order valence-corrected chi connectivity index (χ3v) is 4.39. The fourth-order valence-electron chi connectivity index (χ4n) is 2.19. The average Bonchev–Trinajstić information content (AvgIpc) is 3.25. The molecule has 3 rings (SSSR count). The minimum Gasteiger partial charge on any atom is -0.414 e. The van der Waals surface area contributed by atoms with Crippen molar-refractivity contribution >= 4 is 23.4 Å². The van der Waals surface area contributed by atoms with Crippen molar-refractivity contribution in [3.8, 4) is 0 Å². The smallest absolute Gasteiger partial charge is 0.277 e. The molecule has 1 aromatic carbocycles. The summed E-state index contributed by atoms with van der Waals surface area (Å²) in [6.07, 6.45) is 3.00. The van der Waals surface area contributed by atoms with Crippen LogP contribution >= 0.6 is 11.8 Å². The number of hydrogen-bond donors (Lipinski definition) is 1. The van der Waals surface area contributed by atoms with Gasteiger partial charge in [-0.3, -0.25) is 4.79 Å². The summed E-state index contributed by atoms with van der Waals surface area (Å²) in [7, 11) is 0. The van der Waals surface area contributed by atoms with Gasteiger partial charge < -0.3 is 9.73 Å². The van der Waals surface area contributed by atoms with Gasteiger partial charge in [-0.2, -0.15) is 5.10 Å². The minimum absolute atomic E-state index is 0.0836. The molecule has 0 unspecified atom stereocenters. The number of aromatic nitrogens is 5. The maximum Gasteiger partial charge on any atom is 0.277 e. The van der Waals surface area contributed by atoms with E-state index in [9.17, 15) is 4.79 Å². The first-order valence-electron chi connectivity index (χ1n) is 8.08. The molecule has 136 valence electrons. The zero-order valence-corrected chi connectivity index (χ0v) is 15.7. The van der Waals surface area contributed by atoms with Gasteiger partial charge in [0.25, 0.3) is 5.22 Å². The summed E-state index contributed by atoms with van der Waals surface area (Å²) in [4.78, 5) is 15.9. The number of carbonyl (C=O) groups excluding carboxylic acids is 1. The van der Waals surface area contributed by atoms with Crippen molar-refractivity contribution in [3.05, 3.63) is 48.4 Å². The van der Waals surface area contributed by atoms with Crippen molar-refractivity contribution in [2.24, 2.45) is 0 Å². The first-order valence-corrected chi connectivity index (χ1v) is 9.07. The van der Waals surface area contributed by atoms with Gasteiger partial charge in [-0.15, -0.1) is 10.2 Å². The highest BCUT2D eigenvalue weighted by atomic mass is 32.2. The SMILES string of the molecule is CC(C)(C)c1ccc(NC(=O)CSc2nnc(Cn3cncn3)o2)cc1. The number of amides is 1. The molecule has 0 aliphatic carbocycles. The summed E-state index contributed by atoms with van der Waals surface area (Å²) >= 11 is 1.19. The van der Waals surface area contributed by atoms with Gasteiger partial charge in [-0.05, 0) is 23.1 Å². The number of carbonyl (C=O) groups is 1. The second kappa shape index (κ2) is 7.69. The Bertz CT molecular complexity index is 852. The number of rotatable bonds is 6. The van der Waals surface area contributed by atoms with Crippen LogP contribution in [0.4, 0.5) is 5.69 Å². The maximum absolute atomic E-state index is 12.1. The molecule has 0 spiro atoms. The lowest BCUT2D eigenvalue weighted by Gasteiger charge is -2.19. The van der Waals surface area contributed by atoms with Crippen molar-refractivity contribution in [3.63, 3.8) is 0 Å². The molecule has 2 heterocycles. The van der Waals surface area contributed by atoms with Gasteiger partial charge >= 0.3 is 0 Å². The zero-order chi connectivity index (χ0) is 18.6. The molecule has 0 atom stereocenters.